The largest absolute Gasteiger partial charge is 0.368 e. The first-order valence-corrected chi connectivity index (χ1v) is 9.90. The minimum Gasteiger partial charge on any atom is -0.368 e. The van der Waals surface area contributed by atoms with Crippen LogP contribution < -0.4 is 15.1 Å². The normalized spacial score (nSPS) is 18.0. The molecule has 6 heteroatoms. The lowest BCUT2D eigenvalue weighted by molar-refractivity contribution is 0.0932. The molecule has 0 unspecified atom stereocenters. The zero-order chi connectivity index (χ0) is 18.6. The molecule has 1 aliphatic carbocycles. The Bertz CT molecular complexity index is 780. The van der Waals surface area contributed by atoms with Gasteiger partial charge >= 0.3 is 0 Å². The Labute approximate surface area is 160 Å². The van der Waals surface area contributed by atoms with Gasteiger partial charge in [-0.05, 0) is 31.9 Å². The number of benzene rings is 1. The fourth-order valence-corrected chi connectivity index (χ4v) is 3.99. The number of aryl methyl sites for hydroxylation is 1. The third-order valence-electron chi connectivity index (χ3n) is 5.47. The summed E-state index contributed by atoms with van der Waals surface area (Å²) in [6.45, 7) is 5.51. The molecule has 6 nitrogen and oxygen atoms in total. The van der Waals surface area contributed by atoms with E-state index in [1.165, 1.54) is 18.5 Å². The monoisotopic (exact) mass is 365 g/mol. The van der Waals surface area contributed by atoms with Crippen LogP contribution in [0.2, 0.25) is 0 Å². The van der Waals surface area contributed by atoms with Crippen molar-refractivity contribution in [1.82, 2.24) is 15.3 Å². The fourth-order valence-electron chi connectivity index (χ4n) is 3.99. The van der Waals surface area contributed by atoms with Crippen LogP contribution in [0.1, 0.15) is 42.0 Å². The van der Waals surface area contributed by atoms with Gasteiger partial charge in [-0.2, -0.15) is 0 Å². The van der Waals surface area contributed by atoms with E-state index >= 15 is 0 Å². The average Bonchev–Trinajstić information content (AvgIpc) is 3.21. The molecule has 2 heterocycles. The topological polar surface area (TPSA) is 61.4 Å². The highest BCUT2D eigenvalue weighted by Crippen LogP contribution is 2.21. The Balaban J connectivity index is 1.43. The number of rotatable bonds is 4. The van der Waals surface area contributed by atoms with E-state index in [9.17, 15) is 4.79 Å². The van der Waals surface area contributed by atoms with Crippen molar-refractivity contribution in [3.63, 3.8) is 0 Å². The number of nitrogens with zero attached hydrogens (tertiary/aromatic N) is 4. The first-order chi connectivity index (χ1) is 13.2. The van der Waals surface area contributed by atoms with E-state index in [4.69, 9.17) is 0 Å². The van der Waals surface area contributed by atoms with E-state index in [0.29, 0.717) is 17.6 Å². The number of anilines is 2. The molecule has 1 aliphatic heterocycles. The van der Waals surface area contributed by atoms with Gasteiger partial charge in [0.15, 0.2) is 0 Å². The Hall–Kier alpha value is -2.63. The van der Waals surface area contributed by atoms with Crippen LogP contribution in [-0.2, 0) is 0 Å². The molecule has 2 aromatic rings. The molecule has 0 bridgehead atoms. The van der Waals surface area contributed by atoms with E-state index in [0.717, 1.165) is 44.8 Å². The second-order valence-corrected chi connectivity index (χ2v) is 7.42. The van der Waals surface area contributed by atoms with Crippen molar-refractivity contribution in [1.29, 1.82) is 0 Å². The second kappa shape index (κ2) is 7.94. The lowest BCUT2D eigenvalue weighted by atomic mass is 10.2. The third-order valence-corrected chi connectivity index (χ3v) is 5.47. The molecule has 1 aromatic carbocycles. The molecule has 1 aromatic heterocycles. The van der Waals surface area contributed by atoms with Crippen molar-refractivity contribution in [3.05, 3.63) is 47.9 Å². The molecule has 1 saturated carbocycles. The van der Waals surface area contributed by atoms with Gasteiger partial charge in [0, 0.05) is 44.0 Å². The smallest absolute Gasteiger partial charge is 0.270 e. The van der Waals surface area contributed by atoms with Crippen molar-refractivity contribution in [2.24, 2.45) is 0 Å². The van der Waals surface area contributed by atoms with Gasteiger partial charge in [0.1, 0.15) is 17.3 Å². The number of carbonyl (C=O) groups is 1. The van der Waals surface area contributed by atoms with Crippen LogP contribution in [0.3, 0.4) is 0 Å². The van der Waals surface area contributed by atoms with E-state index in [1.807, 2.05) is 19.1 Å². The van der Waals surface area contributed by atoms with Crippen molar-refractivity contribution < 1.29 is 4.79 Å². The number of piperazine rings is 1. The van der Waals surface area contributed by atoms with Crippen molar-refractivity contribution in [2.75, 3.05) is 36.0 Å². The Morgan fingerprint density at radius 1 is 1.00 bits per heavy atom. The van der Waals surface area contributed by atoms with Gasteiger partial charge in [0.25, 0.3) is 5.91 Å². The molecule has 0 radical (unpaired) electrons. The fraction of sp³-hybridized carbons (Fsp3) is 0.476. The maximum absolute atomic E-state index is 12.6. The zero-order valence-electron chi connectivity index (χ0n) is 15.9. The highest BCUT2D eigenvalue weighted by Gasteiger charge is 2.22. The van der Waals surface area contributed by atoms with Crippen LogP contribution in [-0.4, -0.2) is 48.1 Å². The molecule has 2 fully saturated rings. The first kappa shape index (κ1) is 17.8. The Kier molecular flexibility index (Phi) is 5.23. The Morgan fingerprint density at radius 2 is 1.67 bits per heavy atom. The summed E-state index contributed by atoms with van der Waals surface area (Å²) in [4.78, 5) is 26.2. The lowest BCUT2D eigenvalue weighted by Crippen LogP contribution is -2.47. The number of carbonyl (C=O) groups excluding carboxylic acids is 1. The van der Waals surface area contributed by atoms with Gasteiger partial charge in [-0.15, -0.1) is 0 Å². The zero-order valence-corrected chi connectivity index (χ0v) is 15.9. The quantitative estimate of drug-likeness (QED) is 0.903. The summed E-state index contributed by atoms with van der Waals surface area (Å²) in [5.41, 5.74) is 1.74. The van der Waals surface area contributed by atoms with Gasteiger partial charge in [0.2, 0.25) is 0 Å². The molecule has 2 aliphatic rings. The van der Waals surface area contributed by atoms with Crippen molar-refractivity contribution in [2.45, 2.75) is 38.6 Å². The van der Waals surface area contributed by atoms with Crippen LogP contribution in [0.4, 0.5) is 11.5 Å². The molecule has 142 valence electrons. The SMILES string of the molecule is Cc1nc(C(=O)NC2CCCC2)cc(N2CCN(c3ccccc3)CC2)n1. The Morgan fingerprint density at radius 3 is 2.37 bits per heavy atom. The predicted molar refractivity (Wildman–Crippen MR) is 107 cm³/mol. The summed E-state index contributed by atoms with van der Waals surface area (Å²) < 4.78 is 0. The molecule has 1 N–H and O–H groups in total. The summed E-state index contributed by atoms with van der Waals surface area (Å²) in [5.74, 6) is 1.43. The van der Waals surface area contributed by atoms with Crippen molar-refractivity contribution in [3.8, 4) is 0 Å². The maximum atomic E-state index is 12.6. The summed E-state index contributed by atoms with van der Waals surface area (Å²) >= 11 is 0. The number of aromatic nitrogens is 2. The molecule has 0 spiro atoms. The summed E-state index contributed by atoms with van der Waals surface area (Å²) in [7, 11) is 0. The molecule has 1 saturated heterocycles. The lowest BCUT2D eigenvalue weighted by Gasteiger charge is -2.36. The number of amides is 1. The number of para-hydroxylation sites is 1. The van der Waals surface area contributed by atoms with Gasteiger partial charge in [0.05, 0.1) is 0 Å². The van der Waals surface area contributed by atoms with E-state index < -0.39 is 0 Å². The molecular weight excluding hydrogens is 338 g/mol. The summed E-state index contributed by atoms with van der Waals surface area (Å²) in [5, 5.41) is 3.13. The van der Waals surface area contributed by atoms with E-state index in [-0.39, 0.29) is 5.91 Å². The van der Waals surface area contributed by atoms with Crippen LogP contribution >= 0.6 is 0 Å². The van der Waals surface area contributed by atoms with Crippen LogP contribution in [0.5, 0.6) is 0 Å². The van der Waals surface area contributed by atoms with E-state index in [1.54, 1.807) is 0 Å². The van der Waals surface area contributed by atoms with Crippen LogP contribution in [0.15, 0.2) is 36.4 Å². The van der Waals surface area contributed by atoms with E-state index in [2.05, 4.69) is 49.4 Å². The summed E-state index contributed by atoms with van der Waals surface area (Å²) in [6, 6.07) is 12.6. The predicted octanol–water partition coefficient (Wildman–Crippen LogP) is 2.78. The third kappa shape index (κ3) is 4.21. The molecule has 1 amide bonds. The van der Waals surface area contributed by atoms with Crippen LogP contribution in [0, 0.1) is 6.92 Å². The number of hydrogen-bond donors (Lipinski definition) is 1. The number of hydrogen-bond acceptors (Lipinski definition) is 5. The van der Waals surface area contributed by atoms with Crippen LogP contribution in [0.25, 0.3) is 0 Å². The van der Waals surface area contributed by atoms with Gasteiger partial charge < -0.3 is 15.1 Å². The minimum absolute atomic E-state index is 0.0726. The van der Waals surface area contributed by atoms with Gasteiger partial charge in [-0.3, -0.25) is 4.79 Å². The molecule has 4 rings (SSSR count). The molecule has 27 heavy (non-hydrogen) atoms. The van der Waals surface area contributed by atoms with Gasteiger partial charge in [-0.25, -0.2) is 9.97 Å². The minimum atomic E-state index is -0.0726. The molecular formula is C21H27N5O. The molecule has 0 atom stereocenters. The highest BCUT2D eigenvalue weighted by atomic mass is 16.1. The highest BCUT2D eigenvalue weighted by molar-refractivity contribution is 5.93. The first-order valence-electron chi connectivity index (χ1n) is 9.90. The average molecular weight is 365 g/mol. The van der Waals surface area contributed by atoms with Gasteiger partial charge in [-0.1, -0.05) is 31.0 Å². The second-order valence-electron chi connectivity index (χ2n) is 7.42. The summed E-state index contributed by atoms with van der Waals surface area (Å²) in [6.07, 6.45) is 4.55. The standard InChI is InChI=1S/C21H27N5O/c1-16-22-19(21(27)24-17-7-5-6-8-17)15-20(23-16)26-13-11-25(12-14-26)18-9-3-2-4-10-18/h2-4,9-10,15,17H,5-8,11-14H2,1H3,(H,24,27). The van der Waals surface area contributed by atoms with Crippen molar-refractivity contribution >= 4 is 17.4 Å². The maximum Gasteiger partial charge on any atom is 0.270 e. The number of nitrogens with one attached hydrogen (secondary N) is 1.